The number of rotatable bonds is 2. The van der Waals surface area contributed by atoms with Crippen LogP contribution in [0.2, 0.25) is 0 Å². The fourth-order valence-corrected chi connectivity index (χ4v) is 2.16. The summed E-state index contributed by atoms with van der Waals surface area (Å²) in [5.74, 6) is 0.783. The molecule has 0 saturated heterocycles. The van der Waals surface area contributed by atoms with E-state index >= 15 is 0 Å². The minimum absolute atomic E-state index is 0.461. The van der Waals surface area contributed by atoms with Crippen LogP contribution in [-0.4, -0.2) is 25.2 Å². The fraction of sp³-hybridized carbons (Fsp3) is 0.0769. The second-order valence-corrected chi connectivity index (χ2v) is 4.24. The van der Waals surface area contributed by atoms with Gasteiger partial charge in [-0.2, -0.15) is 4.80 Å². The Labute approximate surface area is 107 Å². The average molecular weight is 251 g/mol. The third-order valence-corrected chi connectivity index (χ3v) is 2.99. The average Bonchev–Trinajstić information content (AvgIpc) is 3.08. The molecule has 0 radical (unpaired) electrons. The molecule has 0 amide bonds. The van der Waals surface area contributed by atoms with Gasteiger partial charge in [-0.1, -0.05) is 12.1 Å². The van der Waals surface area contributed by atoms with Crippen molar-refractivity contribution >= 4 is 21.9 Å². The number of fused-ring (bicyclic) bond motifs is 3. The smallest absolute Gasteiger partial charge is 0.162 e. The second kappa shape index (κ2) is 3.88. The Kier molecular flexibility index (Phi) is 2.08. The number of aromatic nitrogens is 5. The first kappa shape index (κ1) is 10.2. The first-order valence-corrected chi connectivity index (χ1v) is 5.87. The maximum absolute atomic E-state index is 5.89. The van der Waals surface area contributed by atoms with E-state index in [2.05, 4.69) is 20.4 Å². The highest BCUT2D eigenvalue weighted by Gasteiger charge is 2.09. The maximum atomic E-state index is 5.89. The monoisotopic (exact) mass is 251 g/mol. The first-order chi connectivity index (χ1) is 9.40. The van der Waals surface area contributed by atoms with E-state index in [0.29, 0.717) is 6.54 Å². The van der Waals surface area contributed by atoms with Crippen LogP contribution in [0.1, 0.15) is 5.76 Å². The lowest BCUT2D eigenvalue weighted by atomic mass is 10.2. The predicted octanol–water partition coefficient (Wildman–Crippen LogP) is 2.02. The summed E-state index contributed by atoms with van der Waals surface area (Å²) in [5.41, 5.74) is 1.77. The first-order valence-electron chi connectivity index (χ1n) is 5.87. The Balaban J connectivity index is 1.88. The quantitative estimate of drug-likeness (QED) is 0.545. The second-order valence-electron chi connectivity index (χ2n) is 4.24. The summed E-state index contributed by atoms with van der Waals surface area (Å²) in [6.45, 7) is 0.461. The molecule has 6 heteroatoms. The van der Waals surface area contributed by atoms with Crippen molar-refractivity contribution in [3.8, 4) is 0 Å². The highest BCUT2D eigenvalue weighted by Crippen LogP contribution is 2.26. The minimum atomic E-state index is 0.461. The predicted molar refractivity (Wildman–Crippen MR) is 68.4 cm³/mol. The van der Waals surface area contributed by atoms with E-state index in [0.717, 1.165) is 27.6 Å². The zero-order chi connectivity index (χ0) is 12.7. The van der Waals surface area contributed by atoms with Crippen molar-refractivity contribution in [1.82, 2.24) is 25.2 Å². The SMILES string of the molecule is c1ccc2c(c1)ncc1cc(Cn3ncnn3)oc12. The van der Waals surface area contributed by atoms with Crippen molar-refractivity contribution in [3.63, 3.8) is 0 Å². The van der Waals surface area contributed by atoms with E-state index in [1.54, 1.807) is 0 Å². The number of nitrogens with zero attached hydrogens (tertiary/aromatic N) is 5. The van der Waals surface area contributed by atoms with Gasteiger partial charge in [0.15, 0.2) is 6.33 Å². The molecule has 0 saturated carbocycles. The molecule has 0 unspecified atom stereocenters. The lowest BCUT2D eigenvalue weighted by Crippen LogP contribution is -2.02. The lowest BCUT2D eigenvalue weighted by molar-refractivity contribution is 0.475. The molecule has 4 rings (SSSR count). The van der Waals surface area contributed by atoms with Crippen LogP contribution in [-0.2, 0) is 6.54 Å². The molecular formula is C13H9N5O. The summed E-state index contributed by atoms with van der Waals surface area (Å²) in [6.07, 6.45) is 3.22. The van der Waals surface area contributed by atoms with Crippen molar-refractivity contribution in [2.24, 2.45) is 0 Å². The van der Waals surface area contributed by atoms with Gasteiger partial charge in [-0.25, -0.2) is 0 Å². The van der Waals surface area contributed by atoms with E-state index in [4.69, 9.17) is 4.42 Å². The Morgan fingerprint density at radius 3 is 3.05 bits per heavy atom. The van der Waals surface area contributed by atoms with Crippen LogP contribution >= 0.6 is 0 Å². The Bertz CT molecular complexity index is 850. The Morgan fingerprint density at radius 2 is 2.16 bits per heavy atom. The molecular weight excluding hydrogens is 242 g/mol. The molecule has 0 aliphatic carbocycles. The molecule has 3 aromatic heterocycles. The summed E-state index contributed by atoms with van der Waals surface area (Å²) in [4.78, 5) is 5.89. The molecule has 0 fully saturated rings. The number of tetrazole rings is 1. The van der Waals surface area contributed by atoms with Crippen LogP contribution < -0.4 is 0 Å². The van der Waals surface area contributed by atoms with Crippen LogP contribution in [0, 0.1) is 0 Å². The van der Waals surface area contributed by atoms with E-state index in [9.17, 15) is 0 Å². The third-order valence-electron chi connectivity index (χ3n) is 2.99. The van der Waals surface area contributed by atoms with Crippen LogP contribution in [0.5, 0.6) is 0 Å². The van der Waals surface area contributed by atoms with Crippen molar-refractivity contribution in [2.45, 2.75) is 6.54 Å². The number of para-hydroxylation sites is 1. The number of furan rings is 1. The third kappa shape index (κ3) is 1.65. The zero-order valence-electron chi connectivity index (χ0n) is 9.89. The van der Waals surface area contributed by atoms with Gasteiger partial charge in [0.25, 0.3) is 0 Å². The van der Waals surface area contributed by atoms with Crippen molar-refractivity contribution in [2.75, 3.05) is 0 Å². The van der Waals surface area contributed by atoms with E-state index < -0.39 is 0 Å². The molecule has 0 bridgehead atoms. The summed E-state index contributed by atoms with van der Waals surface area (Å²) in [7, 11) is 0. The summed E-state index contributed by atoms with van der Waals surface area (Å²) >= 11 is 0. The standard InChI is InChI=1S/C13H9N5O/c1-2-4-12-11(3-1)13-9(6-14-12)5-10(19-13)7-18-16-8-15-17-18/h1-6,8H,7H2. The Hall–Kier alpha value is -2.76. The topological polar surface area (TPSA) is 69.6 Å². The van der Waals surface area contributed by atoms with Gasteiger partial charge in [0.1, 0.15) is 17.9 Å². The van der Waals surface area contributed by atoms with Crippen LogP contribution in [0.3, 0.4) is 0 Å². The molecule has 0 aliphatic heterocycles. The molecule has 0 N–H and O–H groups in total. The van der Waals surface area contributed by atoms with Crippen molar-refractivity contribution < 1.29 is 4.42 Å². The number of pyridine rings is 1. The largest absolute Gasteiger partial charge is 0.458 e. The number of benzene rings is 1. The van der Waals surface area contributed by atoms with Crippen molar-refractivity contribution in [3.05, 3.63) is 48.6 Å². The van der Waals surface area contributed by atoms with Gasteiger partial charge < -0.3 is 4.42 Å². The fourth-order valence-electron chi connectivity index (χ4n) is 2.16. The molecule has 3 heterocycles. The molecule has 92 valence electrons. The van der Waals surface area contributed by atoms with Gasteiger partial charge in [-0.05, 0) is 23.4 Å². The molecule has 0 spiro atoms. The normalized spacial score (nSPS) is 11.4. The van der Waals surface area contributed by atoms with Gasteiger partial charge in [-0.15, -0.1) is 10.2 Å². The van der Waals surface area contributed by atoms with Gasteiger partial charge in [0, 0.05) is 17.0 Å². The van der Waals surface area contributed by atoms with Crippen molar-refractivity contribution in [1.29, 1.82) is 0 Å². The van der Waals surface area contributed by atoms with Crippen LogP contribution in [0.15, 0.2) is 47.3 Å². The van der Waals surface area contributed by atoms with E-state index in [-0.39, 0.29) is 0 Å². The highest BCUT2D eigenvalue weighted by molar-refractivity contribution is 6.01. The van der Waals surface area contributed by atoms with Crippen LogP contribution in [0.4, 0.5) is 0 Å². The van der Waals surface area contributed by atoms with Gasteiger partial charge in [0.2, 0.25) is 0 Å². The van der Waals surface area contributed by atoms with E-state index in [1.165, 1.54) is 11.1 Å². The minimum Gasteiger partial charge on any atom is -0.458 e. The van der Waals surface area contributed by atoms with Crippen LogP contribution in [0.25, 0.3) is 21.9 Å². The summed E-state index contributed by atoms with van der Waals surface area (Å²) < 4.78 is 5.89. The van der Waals surface area contributed by atoms with Gasteiger partial charge in [-0.3, -0.25) is 4.98 Å². The van der Waals surface area contributed by atoms with E-state index in [1.807, 2.05) is 36.5 Å². The molecule has 6 nitrogen and oxygen atoms in total. The maximum Gasteiger partial charge on any atom is 0.162 e. The molecule has 1 aromatic carbocycles. The number of hydrogen-bond donors (Lipinski definition) is 0. The molecule has 0 aliphatic rings. The Morgan fingerprint density at radius 1 is 1.21 bits per heavy atom. The van der Waals surface area contributed by atoms with Gasteiger partial charge in [0.05, 0.1) is 5.52 Å². The molecule has 0 atom stereocenters. The van der Waals surface area contributed by atoms with Gasteiger partial charge >= 0.3 is 0 Å². The molecule has 19 heavy (non-hydrogen) atoms. The summed E-state index contributed by atoms with van der Waals surface area (Å²) in [5, 5.41) is 13.4. The summed E-state index contributed by atoms with van der Waals surface area (Å²) in [6, 6.07) is 9.87. The highest BCUT2D eigenvalue weighted by atomic mass is 16.3. The zero-order valence-corrected chi connectivity index (χ0v) is 9.89. The molecule has 4 aromatic rings. The number of hydrogen-bond acceptors (Lipinski definition) is 5. The lowest BCUT2D eigenvalue weighted by Gasteiger charge is -1.96.